The third-order valence-corrected chi connectivity index (χ3v) is 2.32. The first kappa shape index (κ1) is 13.6. The van der Waals surface area contributed by atoms with E-state index in [1.165, 1.54) is 0 Å². The van der Waals surface area contributed by atoms with Crippen molar-refractivity contribution in [2.45, 2.75) is 33.1 Å². The van der Waals surface area contributed by atoms with Crippen LogP contribution in [0.4, 0.5) is 0 Å². The number of hydrogen-bond acceptors (Lipinski definition) is 5. The zero-order chi connectivity index (χ0) is 12.7. The van der Waals surface area contributed by atoms with Crippen molar-refractivity contribution >= 4 is 5.91 Å². The molecular formula is C11H19N3O3. The predicted molar refractivity (Wildman–Crippen MR) is 61.2 cm³/mol. The quantitative estimate of drug-likeness (QED) is 0.723. The second-order valence-corrected chi connectivity index (χ2v) is 4.18. The molecule has 1 rings (SSSR count). The summed E-state index contributed by atoms with van der Waals surface area (Å²) in [5.74, 6) is 1.26. The van der Waals surface area contributed by atoms with Crippen molar-refractivity contribution in [1.29, 1.82) is 0 Å². The molecule has 1 atom stereocenters. The van der Waals surface area contributed by atoms with Gasteiger partial charge in [-0.1, -0.05) is 12.1 Å². The van der Waals surface area contributed by atoms with E-state index in [2.05, 4.69) is 15.5 Å². The van der Waals surface area contributed by atoms with E-state index in [9.17, 15) is 4.79 Å². The topological polar surface area (TPSA) is 88.2 Å². The number of aliphatic hydroxyl groups is 1. The highest BCUT2D eigenvalue weighted by Crippen LogP contribution is 2.02. The van der Waals surface area contributed by atoms with Crippen molar-refractivity contribution in [1.82, 2.24) is 15.5 Å². The van der Waals surface area contributed by atoms with Crippen molar-refractivity contribution in [2.75, 3.05) is 13.2 Å². The normalized spacial score (nSPS) is 12.4. The number of carbonyl (C=O) groups excluding carboxylic acids is 1. The highest BCUT2D eigenvalue weighted by atomic mass is 16.5. The maximum absolute atomic E-state index is 11.4. The molecule has 1 heterocycles. The summed E-state index contributed by atoms with van der Waals surface area (Å²) < 4.78 is 4.94. The number of aromatic nitrogens is 2. The highest BCUT2D eigenvalue weighted by Gasteiger charge is 2.06. The van der Waals surface area contributed by atoms with Gasteiger partial charge in [0.2, 0.25) is 11.8 Å². The summed E-state index contributed by atoms with van der Waals surface area (Å²) in [5, 5.41) is 15.2. The third-order valence-electron chi connectivity index (χ3n) is 2.32. The molecule has 1 aromatic heterocycles. The fraction of sp³-hybridized carbons (Fsp3) is 0.727. The van der Waals surface area contributed by atoms with Crippen LogP contribution < -0.4 is 5.32 Å². The Labute approximate surface area is 100 Å². The van der Waals surface area contributed by atoms with Crippen LogP contribution in [0.1, 0.15) is 31.5 Å². The van der Waals surface area contributed by atoms with E-state index in [1.54, 1.807) is 6.92 Å². The molecule has 0 saturated carbocycles. The number of aliphatic hydroxyl groups excluding tert-OH is 1. The maximum Gasteiger partial charge on any atom is 0.226 e. The van der Waals surface area contributed by atoms with Gasteiger partial charge in [-0.2, -0.15) is 4.98 Å². The first-order chi connectivity index (χ1) is 8.11. The third kappa shape index (κ3) is 5.44. The van der Waals surface area contributed by atoms with Gasteiger partial charge in [0.05, 0.1) is 0 Å². The molecule has 1 unspecified atom stereocenters. The van der Waals surface area contributed by atoms with E-state index < -0.39 is 0 Å². The molecule has 0 bridgehead atoms. The molecule has 0 radical (unpaired) electrons. The summed E-state index contributed by atoms with van der Waals surface area (Å²) in [6, 6.07) is 0. The number of hydrogen-bond donors (Lipinski definition) is 2. The largest absolute Gasteiger partial charge is 0.396 e. The fourth-order valence-electron chi connectivity index (χ4n) is 1.28. The maximum atomic E-state index is 11.4. The average Bonchev–Trinajstić information content (AvgIpc) is 2.72. The summed E-state index contributed by atoms with van der Waals surface area (Å²) >= 11 is 0. The van der Waals surface area contributed by atoms with Gasteiger partial charge in [-0.25, -0.2) is 0 Å². The van der Waals surface area contributed by atoms with Crippen LogP contribution in [0.15, 0.2) is 4.52 Å². The lowest BCUT2D eigenvalue weighted by Crippen LogP contribution is -2.29. The van der Waals surface area contributed by atoms with Gasteiger partial charge in [0.25, 0.3) is 0 Å². The van der Waals surface area contributed by atoms with Crippen LogP contribution in [0, 0.1) is 12.8 Å². The summed E-state index contributed by atoms with van der Waals surface area (Å²) in [5.41, 5.74) is 0. The molecule has 6 heteroatoms. The smallest absolute Gasteiger partial charge is 0.226 e. The van der Waals surface area contributed by atoms with Crippen LogP contribution in [-0.2, 0) is 11.2 Å². The Bertz CT molecular complexity index is 351. The van der Waals surface area contributed by atoms with Crippen LogP contribution in [0.25, 0.3) is 0 Å². The minimum absolute atomic E-state index is 0.0125. The van der Waals surface area contributed by atoms with Crippen LogP contribution in [0.5, 0.6) is 0 Å². The van der Waals surface area contributed by atoms with Crippen molar-refractivity contribution in [3.63, 3.8) is 0 Å². The number of carbonyl (C=O) groups is 1. The Balaban J connectivity index is 2.12. The SMILES string of the molecule is Cc1noc(CCCC(=O)NCC(C)CO)n1. The Morgan fingerprint density at radius 1 is 1.59 bits per heavy atom. The van der Waals surface area contributed by atoms with Gasteiger partial charge < -0.3 is 14.9 Å². The van der Waals surface area contributed by atoms with Crippen molar-refractivity contribution in [3.05, 3.63) is 11.7 Å². The van der Waals surface area contributed by atoms with Crippen LogP contribution >= 0.6 is 0 Å². The Kier molecular flexibility index (Phi) is 5.62. The summed E-state index contributed by atoms with van der Waals surface area (Å²) in [6.07, 6.45) is 1.73. The van der Waals surface area contributed by atoms with E-state index in [-0.39, 0.29) is 18.4 Å². The molecule has 0 aromatic carbocycles. The van der Waals surface area contributed by atoms with Crippen LogP contribution in [0.2, 0.25) is 0 Å². The molecule has 96 valence electrons. The molecule has 0 aliphatic rings. The Hall–Kier alpha value is -1.43. The zero-order valence-electron chi connectivity index (χ0n) is 10.3. The number of nitrogens with one attached hydrogen (secondary N) is 1. The lowest BCUT2D eigenvalue weighted by molar-refractivity contribution is -0.121. The van der Waals surface area contributed by atoms with Gasteiger partial charge in [-0.15, -0.1) is 0 Å². The highest BCUT2D eigenvalue weighted by molar-refractivity contribution is 5.75. The van der Waals surface area contributed by atoms with Crippen molar-refractivity contribution < 1.29 is 14.4 Å². The number of rotatable bonds is 7. The predicted octanol–water partition coefficient (Wildman–Crippen LogP) is 0.445. The standard InChI is InChI=1S/C11H19N3O3/c1-8(7-15)6-12-10(16)4-3-5-11-13-9(2)14-17-11/h8,15H,3-7H2,1-2H3,(H,12,16). The first-order valence-corrected chi connectivity index (χ1v) is 5.78. The van der Waals surface area contributed by atoms with Gasteiger partial charge in [-0.3, -0.25) is 4.79 Å². The van der Waals surface area contributed by atoms with Gasteiger partial charge in [0.1, 0.15) is 0 Å². The molecule has 0 aliphatic heterocycles. The molecule has 17 heavy (non-hydrogen) atoms. The van der Waals surface area contributed by atoms with E-state index in [0.717, 1.165) is 0 Å². The van der Waals surface area contributed by atoms with Crippen LogP contribution in [-0.4, -0.2) is 34.3 Å². The lowest BCUT2D eigenvalue weighted by atomic mass is 10.2. The van der Waals surface area contributed by atoms with Gasteiger partial charge in [0, 0.05) is 26.0 Å². The Morgan fingerprint density at radius 2 is 2.35 bits per heavy atom. The van der Waals surface area contributed by atoms with E-state index in [0.29, 0.717) is 37.5 Å². The van der Waals surface area contributed by atoms with E-state index in [1.807, 2.05) is 6.92 Å². The second-order valence-electron chi connectivity index (χ2n) is 4.18. The first-order valence-electron chi connectivity index (χ1n) is 5.78. The molecule has 6 nitrogen and oxygen atoms in total. The van der Waals surface area contributed by atoms with Gasteiger partial charge in [0.15, 0.2) is 5.82 Å². The minimum Gasteiger partial charge on any atom is -0.396 e. The molecule has 0 fully saturated rings. The minimum atomic E-state index is -0.0125. The molecule has 2 N–H and O–H groups in total. The van der Waals surface area contributed by atoms with Crippen molar-refractivity contribution in [2.24, 2.45) is 5.92 Å². The number of aryl methyl sites for hydroxylation is 2. The molecule has 0 spiro atoms. The summed E-state index contributed by atoms with van der Waals surface area (Å²) in [4.78, 5) is 15.5. The second kappa shape index (κ2) is 7.01. The Morgan fingerprint density at radius 3 is 2.94 bits per heavy atom. The molecular weight excluding hydrogens is 222 g/mol. The molecule has 1 aromatic rings. The van der Waals surface area contributed by atoms with Gasteiger partial charge in [-0.05, 0) is 19.3 Å². The lowest BCUT2D eigenvalue weighted by Gasteiger charge is -2.08. The summed E-state index contributed by atoms with van der Waals surface area (Å²) in [6.45, 7) is 4.23. The fourth-order valence-corrected chi connectivity index (χ4v) is 1.28. The number of nitrogens with zero attached hydrogens (tertiary/aromatic N) is 2. The van der Waals surface area contributed by atoms with Crippen molar-refractivity contribution in [3.8, 4) is 0 Å². The number of amides is 1. The molecule has 0 saturated heterocycles. The summed E-state index contributed by atoms with van der Waals surface area (Å²) in [7, 11) is 0. The van der Waals surface area contributed by atoms with E-state index in [4.69, 9.17) is 9.63 Å². The van der Waals surface area contributed by atoms with Gasteiger partial charge >= 0.3 is 0 Å². The molecule has 0 aliphatic carbocycles. The van der Waals surface area contributed by atoms with Crippen LogP contribution in [0.3, 0.4) is 0 Å². The molecule has 1 amide bonds. The average molecular weight is 241 g/mol. The monoisotopic (exact) mass is 241 g/mol. The zero-order valence-corrected chi connectivity index (χ0v) is 10.3. The van der Waals surface area contributed by atoms with E-state index >= 15 is 0 Å².